The van der Waals surface area contributed by atoms with Gasteiger partial charge in [-0.1, -0.05) is 96.6 Å². The zero-order valence-corrected chi connectivity index (χ0v) is 28.1. The fourth-order valence-electron chi connectivity index (χ4n) is 5.45. The van der Waals surface area contributed by atoms with Gasteiger partial charge in [-0.2, -0.15) is 0 Å². The molecule has 0 aliphatic carbocycles. The number of hydrogen-bond acceptors (Lipinski definition) is 9. The second kappa shape index (κ2) is 17.5. The quantitative estimate of drug-likeness (QED) is 0.0822. The molecule has 1 amide bonds. The van der Waals surface area contributed by atoms with Crippen molar-refractivity contribution in [3.63, 3.8) is 0 Å². The van der Waals surface area contributed by atoms with E-state index in [-0.39, 0.29) is 31.1 Å². The van der Waals surface area contributed by atoms with E-state index in [1.54, 1.807) is 23.1 Å². The van der Waals surface area contributed by atoms with Crippen molar-refractivity contribution in [2.45, 2.75) is 87.9 Å². The van der Waals surface area contributed by atoms with Gasteiger partial charge in [0.2, 0.25) is 5.91 Å². The number of aliphatic hydroxyl groups is 1. The number of nitrogens with one attached hydrogen (secondary N) is 1. The predicted molar refractivity (Wildman–Crippen MR) is 183 cm³/mol. The van der Waals surface area contributed by atoms with Crippen LogP contribution in [0.1, 0.15) is 84.6 Å². The van der Waals surface area contributed by atoms with Crippen molar-refractivity contribution >= 4 is 35.0 Å². The summed E-state index contributed by atoms with van der Waals surface area (Å²) in [5, 5.41) is 30.6. The second-order valence-corrected chi connectivity index (χ2v) is 14.1. The number of aliphatic carboxylic acids is 1. The van der Waals surface area contributed by atoms with Gasteiger partial charge in [0, 0.05) is 37.1 Å². The lowest BCUT2D eigenvalue weighted by Crippen LogP contribution is -2.31. The van der Waals surface area contributed by atoms with Crippen LogP contribution in [0.2, 0.25) is 0 Å². The zero-order valence-electron chi connectivity index (χ0n) is 26.5. The Bertz CT molecular complexity index is 1610. The molecule has 1 saturated heterocycles. The minimum atomic E-state index is -0.776. The van der Waals surface area contributed by atoms with Gasteiger partial charge in [0.05, 0.1) is 18.8 Å². The molecule has 11 heteroatoms. The summed E-state index contributed by atoms with van der Waals surface area (Å²) in [4.78, 5) is 23.0. The van der Waals surface area contributed by atoms with Crippen LogP contribution in [0.4, 0.5) is 0 Å². The maximum atomic E-state index is 12.4. The summed E-state index contributed by atoms with van der Waals surface area (Å²) in [6.07, 6.45) is 3.54. The number of carbonyl (C=O) groups excluding carboxylic acids is 1. The highest BCUT2D eigenvalue weighted by Crippen LogP contribution is 2.40. The first-order valence-corrected chi connectivity index (χ1v) is 17.8. The number of carbonyl (C=O) groups is 2. The molecule has 4 aromatic rings. The number of carboxylic acid groups (broad SMARTS) is 1. The van der Waals surface area contributed by atoms with Crippen molar-refractivity contribution in [1.82, 2.24) is 15.5 Å². The van der Waals surface area contributed by atoms with E-state index in [2.05, 4.69) is 39.8 Å². The minimum absolute atomic E-state index is 0.00300. The molecule has 5 rings (SSSR count). The average molecular weight is 676 g/mol. The van der Waals surface area contributed by atoms with Crippen LogP contribution in [-0.2, 0) is 32.2 Å². The molecule has 3 unspecified atom stereocenters. The Kier molecular flexibility index (Phi) is 12.9. The number of unbranched alkanes of at least 4 members (excludes halogenated alkanes) is 3. The van der Waals surface area contributed by atoms with Crippen molar-refractivity contribution in [3.05, 3.63) is 100 Å². The highest BCUT2D eigenvalue weighted by Gasteiger charge is 2.32. The smallest absolute Gasteiger partial charge is 0.303 e. The highest BCUT2D eigenvalue weighted by atomic mass is 32.2. The summed E-state index contributed by atoms with van der Waals surface area (Å²) in [5.74, 6) is -0.0588. The SMILES string of the molecule is Cc1nnc(SCC2CC(c3ccc(CO)cc3)OC(c3cccc(-c4cccc(CNC(=O)CCCCCCC(=O)O)c4)c3)O2)s1. The van der Waals surface area contributed by atoms with Crippen molar-refractivity contribution in [3.8, 4) is 11.1 Å². The highest BCUT2D eigenvalue weighted by molar-refractivity contribution is 8.01. The monoisotopic (exact) mass is 675 g/mol. The van der Waals surface area contributed by atoms with Crippen LogP contribution < -0.4 is 5.32 Å². The molecule has 0 radical (unpaired) electrons. The van der Waals surface area contributed by atoms with Gasteiger partial charge in [-0.05, 0) is 59.7 Å². The number of nitrogens with zero attached hydrogens (tertiary/aromatic N) is 2. The lowest BCUT2D eigenvalue weighted by atomic mass is 9.99. The molecule has 1 aliphatic rings. The van der Waals surface area contributed by atoms with E-state index >= 15 is 0 Å². The summed E-state index contributed by atoms with van der Waals surface area (Å²) < 4.78 is 14.0. The Hall–Kier alpha value is -3.61. The molecule has 47 heavy (non-hydrogen) atoms. The fraction of sp³-hybridized carbons (Fsp3) is 0.389. The van der Waals surface area contributed by atoms with Crippen LogP contribution >= 0.6 is 23.1 Å². The van der Waals surface area contributed by atoms with Crippen LogP contribution in [0.3, 0.4) is 0 Å². The second-order valence-electron chi connectivity index (χ2n) is 11.7. The van der Waals surface area contributed by atoms with Gasteiger partial charge >= 0.3 is 5.97 Å². The average Bonchev–Trinajstić information content (AvgIpc) is 3.52. The first-order chi connectivity index (χ1) is 22.9. The number of benzene rings is 3. The number of hydrogen-bond donors (Lipinski definition) is 3. The zero-order chi connectivity index (χ0) is 33.0. The molecule has 9 nitrogen and oxygen atoms in total. The van der Waals surface area contributed by atoms with Gasteiger partial charge in [0.15, 0.2) is 10.6 Å². The maximum Gasteiger partial charge on any atom is 0.303 e. The molecule has 3 aromatic carbocycles. The standard InChI is InChI=1S/C36H41N3O6S2/c1-24-38-39-36(47-24)46-23-31-20-32(27-16-14-25(22-40)15-17-27)45-35(44-31)30-11-7-10-29(19-30)28-9-6-8-26(18-28)21-37-33(41)12-4-2-3-5-13-34(42)43/h6-11,14-19,31-32,35,40H,2-5,12-13,20-23H2,1H3,(H,37,41)(H,42,43). The van der Waals surface area contributed by atoms with E-state index in [1.165, 1.54) is 0 Å². The Labute approximate surface area is 283 Å². The number of carboxylic acids is 1. The van der Waals surface area contributed by atoms with E-state index in [1.807, 2.05) is 55.5 Å². The third kappa shape index (κ3) is 10.7. The summed E-state index contributed by atoms with van der Waals surface area (Å²) in [6, 6.07) is 24.2. The Balaban J connectivity index is 1.23. The molecule has 0 spiro atoms. The van der Waals surface area contributed by atoms with E-state index in [9.17, 15) is 14.7 Å². The van der Waals surface area contributed by atoms with Gasteiger partial charge in [-0.15, -0.1) is 10.2 Å². The van der Waals surface area contributed by atoms with E-state index in [0.717, 1.165) is 67.7 Å². The number of amides is 1. The molecule has 0 bridgehead atoms. The van der Waals surface area contributed by atoms with Gasteiger partial charge in [-0.25, -0.2) is 0 Å². The number of aliphatic hydroxyl groups excluding tert-OH is 1. The summed E-state index contributed by atoms with van der Waals surface area (Å²) in [6.45, 7) is 2.38. The molecule has 0 saturated carbocycles. The number of ether oxygens (including phenoxy) is 2. The Morgan fingerprint density at radius 1 is 0.894 bits per heavy atom. The lowest BCUT2D eigenvalue weighted by molar-refractivity contribution is -0.245. The first kappa shape index (κ1) is 34.7. The normalized spacial score (nSPS) is 17.8. The third-order valence-electron chi connectivity index (χ3n) is 7.97. The minimum Gasteiger partial charge on any atom is -0.481 e. The Morgan fingerprint density at radius 2 is 1.64 bits per heavy atom. The molecule has 2 heterocycles. The van der Waals surface area contributed by atoms with Gasteiger partial charge in [0.25, 0.3) is 0 Å². The molecule has 3 N–H and O–H groups in total. The number of thioether (sulfide) groups is 1. The lowest BCUT2D eigenvalue weighted by Gasteiger charge is -2.36. The third-order valence-corrected chi connectivity index (χ3v) is 10.1. The topological polar surface area (TPSA) is 131 Å². The number of aryl methyl sites for hydroxylation is 1. The van der Waals surface area contributed by atoms with Gasteiger partial charge in [-0.3, -0.25) is 9.59 Å². The van der Waals surface area contributed by atoms with Crippen molar-refractivity contribution < 1.29 is 29.3 Å². The van der Waals surface area contributed by atoms with Crippen molar-refractivity contribution in [2.24, 2.45) is 0 Å². The number of aromatic nitrogens is 2. The fourth-order valence-corrected chi connectivity index (χ4v) is 7.31. The van der Waals surface area contributed by atoms with Crippen LogP contribution in [0, 0.1) is 6.92 Å². The van der Waals surface area contributed by atoms with Crippen LogP contribution in [0.15, 0.2) is 77.1 Å². The Morgan fingerprint density at radius 3 is 2.36 bits per heavy atom. The predicted octanol–water partition coefficient (Wildman–Crippen LogP) is 7.38. The van der Waals surface area contributed by atoms with E-state index < -0.39 is 12.3 Å². The molecule has 1 aliphatic heterocycles. The summed E-state index contributed by atoms with van der Waals surface area (Å²) in [7, 11) is 0. The number of rotatable bonds is 16. The van der Waals surface area contributed by atoms with Crippen LogP contribution in [0.25, 0.3) is 11.1 Å². The van der Waals surface area contributed by atoms with Crippen LogP contribution in [0.5, 0.6) is 0 Å². The van der Waals surface area contributed by atoms with E-state index in [4.69, 9.17) is 14.6 Å². The largest absolute Gasteiger partial charge is 0.481 e. The molecular weight excluding hydrogens is 635 g/mol. The van der Waals surface area contributed by atoms with E-state index in [0.29, 0.717) is 25.8 Å². The first-order valence-electron chi connectivity index (χ1n) is 16.0. The van der Waals surface area contributed by atoms with Crippen LogP contribution in [-0.4, -0.2) is 44.1 Å². The summed E-state index contributed by atoms with van der Waals surface area (Å²) >= 11 is 3.22. The summed E-state index contributed by atoms with van der Waals surface area (Å²) in [5.41, 5.74) is 5.87. The maximum absolute atomic E-state index is 12.4. The molecule has 1 aromatic heterocycles. The molecule has 248 valence electrons. The molecular formula is C36H41N3O6S2. The van der Waals surface area contributed by atoms with Gasteiger partial charge in [0.1, 0.15) is 5.01 Å². The van der Waals surface area contributed by atoms with Gasteiger partial charge < -0.3 is 25.0 Å². The molecule has 1 fully saturated rings. The van der Waals surface area contributed by atoms with Crippen molar-refractivity contribution in [2.75, 3.05) is 5.75 Å². The van der Waals surface area contributed by atoms with Crippen molar-refractivity contribution in [1.29, 1.82) is 0 Å². The molecule has 3 atom stereocenters.